The van der Waals surface area contributed by atoms with Crippen LogP contribution >= 0.6 is 0 Å². The first kappa shape index (κ1) is 19.8. The normalized spacial score (nSPS) is 10.4. The van der Waals surface area contributed by atoms with Crippen molar-refractivity contribution in [2.75, 3.05) is 6.61 Å². The lowest BCUT2D eigenvalue weighted by molar-refractivity contribution is -0.384. The van der Waals surface area contributed by atoms with Gasteiger partial charge >= 0.3 is 5.97 Å². The second kappa shape index (κ2) is 9.27. The molecule has 0 atom stereocenters. The van der Waals surface area contributed by atoms with Crippen molar-refractivity contribution in [2.45, 2.75) is 6.04 Å². The van der Waals surface area contributed by atoms with Gasteiger partial charge in [-0.1, -0.05) is 66.7 Å². The summed E-state index contributed by atoms with van der Waals surface area (Å²) in [6.45, 7) is -0.502. The molecule has 0 aliphatic rings. The summed E-state index contributed by atoms with van der Waals surface area (Å²) in [5.74, 6) is -1.29. The Labute approximate surface area is 167 Å². The van der Waals surface area contributed by atoms with Gasteiger partial charge in [0.1, 0.15) is 0 Å². The number of rotatable bonds is 7. The number of amides is 1. The van der Waals surface area contributed by atoms with E-state index < -0.39 is 29.4 Å². The van der Waals surface area contributed by atoms with E-state index in [9.17, 15) is 19.7 Å². The molecule has 146 valence electrons. The van der Waals surface area contributed by atoms with Crippen LogP contribution in [0.2, 0.25) is 0 Å². The quantitative estimate of drug-likeness (QED) is 0.377. The lowest BCUT2D eigenvalue weighted by atomic mass is 9.99. The fourth-order valence-corrected chi connectivity index (χ4v) is 2.81. The number of carbonyl (C=O) groups is 2. The van der Waals surface area contributed by atoms with Gasteiger partial charge in [0.15, 0.2) is 6.61 Å². The summed E-state index contributed by atoms with van der Waals surface area (Å²) in [6, 6.07) is 23.6. The smallest absolute Gasteiger partial charge is 0.338 e. The molecule has 0 saturated heterocycles. The third-order valence-corrected chi connectivity index (χ3v) is 4.20. The van der Waals surface area contributed by atoms with Crippen LogP contribution in [0.5, 0.6) is 0 Å². The maximum atomic E-state index is 12.4. The van der Waals surface area contributed by atoms with Crippen LogP contribution in [0.3, 0.4) is 0 Å². The summed E-state index contributed by atoms with van der Waals surface area (Å²) >= 11 is 0. The van der Waals surface area contributed by atoms with Gasteiger partial charge in [-0.05, 0) is 17.2 Å². The third-order valence-electron chi connectivity index (χ3n) is 4.20. The van der Waals surface area contributed by atoms with Gasteiger partial charge in [0.2, 0.25) is 0 Å². The number of nitrogens with zero attached hydrogens (tertiary/aromatic N) is 1. The van der Waals surface area contributed by atoms with Gasteiger partial charge in [-0.2, -0.15) is 0 Å². The Kier molecular flexibility index (Phi) is 6.32. The molecule has 0 fully saturated rings. The summed E-state index contributed by atoms with van der Waals surface area (Å²) in [7, 11) is 0. The van der Waals surface area contributed by atoms with Crippen LogP contribution in [0.4, 0.5) is 5.69 Å². The molecule has 0 unspecified atom stereocenters. The van der Waals surface area contributed by atoms with Crippen molar-refractivity contribution >= 4 is 17.6 Å². The van der Waals surface area contributed by atoms with Gasteiger partial charge in [-0.3, -0.25) is 14.9 Å². The number of esters is 1. The molecule has 29 heavy (non-hydrogen) atoms. The lowest BCUT2D eigenvalue weighted by Gasteiger charge is -2.20. The predicted octanol–water partition coefficient (Wildman–Crippen LogP) is 3.66. The molecular weight excluding hydrogens is 372 g/mol. The minimum absolute atomic E-state index is 0.00895. The molecule has 0 aliphatic heterocycles. The number of nitro benzene ring substituents is 1. The predicted molar refractivity (Wildman–Crippen MR) is 106 cm³/mol. The van der Waals surface area contributed by atoms with Gasteiger partial charge in [-0.15, -0.1) is 0 Å². The van der Waals surface area contributed by atoms with E-state index in [1.165, 1.54) is 18.2 Å². The van der Waals surface area contributed by atoms with Crippen LogP contribution in [0.15, 0.2) is 84.9 Å². The zero-order valence-corrected chi connectivity index (χ0v) is 15.4. The Hall–Kier alpha value is -4.00. The molecule has 0 bridgehead atoms. The molecule has 7 nitrogen and oxygen atoms in total. The molecule has 1 amide bonds. The molecule has 3 rings (SSSR count). The second-order valence-corrected chi connectivity index (χ2v) is 6.21. The van der Waals surface area contributed by atoms with Crippen molar-refractivity contribution in [1.29, 1.82) is 0 Å². The first-order valence-electron chi connectivity index (χ1n) is 8.85. The average molecular weight is 390 g/mol. The number of nitro groups is 1. The number of hydrogen-bond donors (Lipinski definition) is 1. The van der Waals surface area contributed by atoms with Crippen molar-refractivity contribution in [2.24, 2.45) is 0 Å². The summed E-state index contributed by atoms with van der Waals surface area (Å²) < 4.78 is 5.02. The summed E-state index contributed by atoms with van der Waals surface area (Å²) in [6.07, 6.45) is 0. The Morgan fingerprint density at radius 3 is 2.03 bits per heavy atom. The van der Waals surface area contributed by atoms with E-state index in [2.05, 4.69) is 5.32 Å². The summed E-state index contributed by atoms with van der Waals surface area (Å²) in [4.78, 5) is 34.8. The molecule has 0 radical (unpaired) electrons. The fourth-order valence-electron chi connectivity index (χ4n) is 2.81. The van der Waals surface area contributed by atoms with Gasteiger partial charge in [0.05, 0.1) is 16.5 Å². The van der Waals surface area contributed by atoms with Gasteiger partial charge < -0.3 is 10.1 Å². The van der Waals surface area contributed by atoms with Crippen molar-refractivity contribution in [1.82, 2.24) is 5.32 Å². The van der Waals surface area contributed by atoms with Crippen LogP contribution in [0.25, 0.3) is 0 Å². The highest BCUT2D eigenvalue weighted by Crippen LogP contribution is 2.21. The summed E-state index contributed by atoms with van der Waals surface area (Å²) in [5.41, 5.74) is 1.56. The van der Waals surface area contributed by atoms with Crippen LogP contribution in [0.1, 0.15) is 27.5 Å². The van der Waals surface area contributed by atoms with E-state index in [1.54, 1.807) is 0 Å². The maximum absolute atomic E-state index is 12.4. The molecule has 3 aromatic carbocycles. The largest absolute Gasteiger partial charge is 0.452 e. The van der Waals surface area contributed by atoms with E-state index in [-0.39, 0.29) is 11.3 Å². The van der Waals surface area contributed by atoms with Crippen molar-refractivity contribution in [3.8, 4) is 0 Å². The molecular formula is C22H18N2O5. The van der Waals surface area contributed by atoms with Gasteiger partial charge in [0.25, 0.3) is 11.6 Å². The fraction of sp³-hybridized carbons (Fsp3) is 0.0909. The monoisotopic (exact) mass is 390 g/mol. The van der Waals surface area contributed by atoms with E-state index in [0.717, 1.165) is 17.2 Å². The zero-order valence-electron chi connectivity index (χ0n) is 15.4. The Balaban J connectivity index is 1.67. The highest BCUT2D eigenvalue weighted by molar-refractivity contribution is 5.92. The topological polar surface area (TPSA) is 98.5 Å². The first-order valence-corrected chi connectivity index (χ1v) is 8.85. The van der Waals surface area contributed by atoms with Crippen LogP contribution < -0.4 is 5.32 Å². The van der Waals surface area contributed by atoms with E-state index in [1.807, 2.05) is 60.7 Å². The second-order valence-electron chi connectivity index (χ2n) is 6.21. The number of hydrogen-bond acceptors (Lipinski definition) is 5. The number of ether oxygens (including phenoxy) is 1. The van der Waals surface area contributed by atoms with Crippen molar-refractivity contribution in [3.63, 3.8) is 0 Å². The average Bonchev–Trinajstić information content (AvgIpc) is 2.77. The Morgan fingerprint density at radius 2 is 1.48 bits per heavy atom. The molecule has 0 heterocycles. The van der Waals surface area contributed by atoms with Crippen molar-refractivity contribution in [3.05, 3.63) is 112 Å². The molecule has 1 N–H and O–H groups in total. The van der Waals surface area contributed by atoms with Gasteiger partial charge in [-0.25, -0.2) is 4.79 Å². The highest BCUT2D eigenvalue weighted by atomic mass is 16.6. The third kappa shape index (κ3) is 5.26. The Bertz CT molecular complexity index is 966. The van der Waals surface area contributed by atoms with Crippen LogP contribution in [0, 0.1) is 10.1 Å². The lowest BCUT2D eigenvalue weighted by Crippen LogP contribution is -2.33. The maximum Gasteiger partial charge on any atom is 0.338 e. The molecule has 7 heteroatoms. The van der Waals surface area contributed by atoms with E-state index >= 15 is 0 Å². The minimum atomic E-state index is -0.806. The van der Waals surface area contributed by atoms with Crippen molar-refractivity contribution < 1.29 is 19.2 Å². The number of non-ortho nitro benzene ring substituents is 1. The molecule has 0 aliphatic carbocycles. The Morgan fingerprint density at radius 1 is 0.897 bits per heavy atom. The highest BCUT2D eigenvalue weighted by Gasteiger charge is 2.18. The summed E-state index contributed by atoms with van der Waals surface area (Å²) in [5, 5.41) is 13.7. The van der Waals surface area contributed by atoms with Gasteiger partial charge in [0, 0.05) is 12.1 Å². The first-order chi connectivity index (χ1) is 14.0. The number of carbonyl (C=O) groups excluding carboxylic acids is 2. The molecule has 0 saturated carbocycles. The molecule has 0 aromatic heterocycles. The molecule has 3 aromatic rings. The number of nitrogens with one attached hydrogen (secondary N) is 1. The SMILES string of the molecule is O=C(COC(=O)c1cccc([N+](=O)[O-])c1)NC(c1ccccc1)c1ccccc1. The number of benzene rings is 3. The molecule has 0 spiro atoms. The van der Waals surface area contributed by atoms with Crippen LogP contribution in [-0.2, 0) is 9.53 Å². The van der Waals surface area contributed by atoms with E-state index in [0.29, 0.717) is 0 Å². The van der Waals surface area contributed by atoms with E-state index in [4.69, 9.17) is 4.74 Å². The standard InChI is InChI=1S/C22H18N2O5/c25-20(15-29-22(26)18-12-7-13-19(14-18)24(27)28)23-21(16-8-3-1-4-9-16)17-10-5-2-6-11-17/h1-14,21H,15H2,(H,23,25). The van der Waals surface area contributed by atoms with Crippen LogP contribution in [-0.4, -0.2) is 23.4 Å². The zero-order chi connectivity index (χ0) is 20.6. The minimum Gasteiger partial charge on any atom is -0.452 e.